The van der Waals surface area contributed by atoms with Crippen LogP contribution in [0.15, 0.2) is 24.3 Å². The summed E-state index contributed by atoms with van der Waals surface area (Å²) in [7, 11) is 1.81. The number of aromatic nitrogens is 2. The molecular weight excluding hydrogens is 336 g/mol. The maximum absolute atomic E-state index is 12.9. The summed E-state index contributed by atoms with van der Waals surface area (Å²) >= 11 is 6.25. The Bertz CT molecular complexity index is 767. The molecular formula is C19H27ClN4O. The molecule has 136 valence electrons. The quantitative estimate of drug-likeness (QED) is 0.857. The summed E-state index contributed by atoms with van der Waals surface area (Å²) in [5.74, 6) is -0.0260. The van der Waals surface area contributed by atoms with Gasteiger partial charge >= 0.3 is 0 Å². The SMILES string of the molecule is Cc1nn(Cc2ccccc2Cl)c(C)c1C(=O)N(C)CC(C)(C)CN. The molecule has 0 radical (unpaired) electrons. The van der Waals surface area contributed by atoms with Crippen molar-refractivity contribution in [1.82, 2.24) is 14.7 Å². The lowest BCUT2D eigenvalue weighted by molar-refractivity contribution is 0.0739. The minimum absolute atomic E-state index is 0.0260. The van der Waals surface area contributed by atoms with Crippen LogP contribution in [0.4, 0.5) is 0 Å². The number of rotatable bonds is 6. The number of benzene rings is 1. The van der Waals surface area contributed by atoms with Gasteiger partial charge in [0.15, 0.2) is 0 Å². The van der Waals surface area contributed by atoms with E-state index in [-0.39, 0.29) is 11.3 Å². The second-order valence-electron chi connectivity index (χ2n) is 7.32. The van der Waals surface area contributed by atoms with Gasteiger partial charge < -0.3 is 10.6 Å². The highest BCUT2D eigenvalue weighted by Crippen LogP contribution is 2.22. The van der Waals surface area contributed by atoms with Crippen molar-refractivity contribution < 1.29 is 4.79 Å². The molecule has 0 aliphatic heterocycles. The highest BCUT2D eigenvalue weighted by atomic mass is 35.5. The Morgan fingerprint density at radius 3 is 2.56 bits per heavy atom. The summed E-state index contributed by atoms with van der Waals surface area (Å²) in [5, 5.41) is 5.25. The predicted octanol–water partition coefficient (Wildman–Crippen LogP) is 3.26. The molecule has 2 rings (SSSR count). The van der Waals surface area contributed by atoms with Crippen LogP contribution in [0.25, 0.3) is 0 Å². The number of hydrogen-bond donors (Lipinski definition) is 1. The average molecular weight is 363 g/mol. The molecule has 1 aromatic carbocycles. The number of nitrogens with two attached hydrogens (primary N) is 1. The molecule has 1 heterocycles. The van der Waals surface area contributed by atoms with Crippen molar-refractivity contribution in [3.63, 3.8) is 0 Å². The Morgan fingerprint density at radius 2 is 1.96 bits per heavy atom. The molecule has 0 spiro atoms. The van der Waals surface area contributed by atoms with E-state index in [2.05, 4.69) is 18.9 Å². The zero-order valence-electron chi connectivity index (χ0n) is 15.6. The Morgan fingerprint density at radius 1 is 1.32 bits per heavy atom. The second kappa shape index (κ2) is 7.58. The van der Waals surface area contributed by atoms with Crippen molar-refractivity contribution in [1.29, 1.82) is 0 Å². The van der Waals surface area contributed by atoms with Gasteiger partial charge in [-0.3, -0.25) is 9.48 Å². The molecule has 2 N–H and O–H groups in total. The number of nitrogens with zero attached hydrogens (tertiary/aromatic N) is 3. The lowest BCUT2D eigenvalue weighted by Gasteiger charge is -2.29. The van der Waals surface area contributed by atoms with Gasteiger partial charge in [0.2, 0.25) is 0 Å². The summed E-state index contributed by atoms with van der Waals surface area (Å²) in [6.45, 7) is 9.55. The van der Waals surface area contributed by atoms with Crippen LogP contribution in [0.1, 0.15) is 41.2 Å². The molecule has 1 aromatic heterocycles. The fraction of sp³-hybridized carbons (Fsp3) is 0.474. The molecule has 5 nitrogen and oxygen atoms in total. The second-order valence-corrected chi connectivity index (χ2v) is 7.73. The number of hydrogen-bond acceptors (Lipinski definition) is 3. The van der Waals surface area contributed by atoms with Gasteiger partial charge in [-0.05, 0) is 37.4 Å². The fourth-order valence-electron chi connectivity index (χ4n) is 2.92. The molecule has 25 heavy (non-hydrogen) atoms. The van der Waals surface area contributed by atoms with Gasteiger partial charge in [0.25, 0.3) is 5.91 Å². The number of halogens is 1. The minimum atomic E-state index is -0.125. The van der Waals surface area contributed by atoms with Crippen LogP contribution in [0, 0.1) is 19.3 Å². The maximum Gasteiger partial charge on any atom is 0.257 e. The normalized spacial score (nSPS) is 11.6. The van der Waals surface area contributed by atoms with E-state index in [1.54, 1.807) is 4.90 Å². The van der Waals surface area contributed by atoms with Gasteiger partial charge in [-0.2, -0.15) is 5.10 Å². The molecule has 2 aromatic rings. The standard InChI is InChI=1S/C19H27ClN4O/c1-13-17(18(25)23(5)12-19(3,4)11-21)14(2)24(22-13)10-15-8-6-7-9-16(15)20/h6-9H,10-12,21H2,1-5H3. The molecule has 0 aliphatic carbocycles. The predicted molar refractivity (Wildman–Crippen MR) is 102 cm³/mol. The number of carbonyl (C=O) groups excluding carboxylic acids is 1. The van der Waals surface area contributed by atoms with E-state index >= 15 is 0 Å². The van der Waals surface area contributed by atoms with Crippen LogP contribution >= 0.6 is 11.6 Å². The first-order valence-corrected chi connectivity index (χ1v) is 8.77. The van der Waals surface area contributed by atoms with Crippen LogP contribution < -0.4 is 5.73 Å². The molecule has 0 aliphatic rings. The Labute approximate surface area is 154 Å². The van der Waals surface area contributed by atoms with Crippen molar-refractivity contribution in [3.05, 3.63) is 51.8 Å². The third-order valence-corrected chi connectivity index (χ3v) is 4.81. The van der Waals surface area contributed by atoms with Gasteiger partial charge in [-0.15, -0.1) is 0 Å². The topological polar surface area (TPSA) is 64.2 Å². The first-order chi connectivity index (χ1) is 11.7. The maximum atomic E-state index is 12.9. The molecule has 0 saturated carbocycles. The number of amides is 1. The van der Waals surface area contributed by atoms with Gasteiger partial charge in [-0.1, -0.05) is 43.6 Å². The Kier molecular flexibility index (Phi) is 5.91. The van der Waals surface area contributed by atoms with E-state index in [1.807, 2.05) is 49.8 Å². The summed E-state index contributed by atoms with van der Waals surface area (Å²) in [5.41, 5.74) is 8.87. The Balaban J connectivity index is 2.27. The molecule has 0 saturated heterocycles. The van der Waals surface area contributed by atoms with Gasteiger partial charge in [0.05, 0.1) is 17.8 Å². The van der Waals surface area contributed by atoms with Crippen LogP contribution in [-0.2, 0) is 6.54 Å². The van der Waals surface area contributed by atoms with E-state index < -0.39 is 0 Å². The van der Waals surface area contributed by atoms with Crippen molar-refractivity contribution in [2.24, 2.45) is 11.1 Å². The van der Waals surface area contributed by atoms with E-state index in [9.17, 15) is 4.79 Å². The van der Waals surface area contributed by atoms with E-state index in [0.717, 1.165) is 17.0 Å². The third kappa shape index (κ3) is 4.41. The first-order valence-electron chi connectivity index (χ1n) is 8.39. The number of carbonyl (C=O) groups is 1. The molecule has 1 amide bonds. The zero-order valence-corrected chi connectivity index (χ0v) is 16.4. The molecule has 0 atom stereocenters. The third-order valence-electron chi connectivity index (χ3n) is 4.44. The first kappa shape index (κ1) is 19.5. The van der Waals surface area contributed by atoms with Gasteiger partial charge in [0.1, 0.15) is 0 Å². The fourth-order valence-corrected chi connectivity index (χ4v) is 3.11. The van der Waals surface area contributed by atoms with Crippen molar-refractivity contribution in [2.45, 2.75) is 34.2 Å². The van der Waals surface area contributed by atoms with E-state index in [1.165, 1.54) is 0 Å². The summed E-state index contributed by atoms with van der Waals surface area (Å²) < 4.78 is 1.84. The largest absolute Gasteiger partial charge is 0.341 e. The summed E-state index contributed by atoms with van der Waals surface area (Å²) in [6, 6.07) is 7.67. The number of aryl methyl sites for hydroxylation is 1. The van der Waals surface area contributed by atoms with E-state index in [4.69, 9.17) is 17.3 Å². The molecule has 0 bridgehead atoms. The zero-order chi connectivity index (χ0) is 18.8. The highest BCUT2D eigenvalue weighted by Gasteiger charge is 2.26. The molecule has 0 fully saturated rings. The van der Waals surface area contributed by atoms with Crippen molar-refractivity contribution in [2.75, 3.05) is 20.1 Å². The average Bonchev–Trinajstić information content (AvgIpc) is 2.82. The monoisotopic (exact) mass is 362 g/mol. The molecule has 6 heteroatoms. The van der Waals surface area contributed by atoms with Crippen LogP contribution in [0.3, 0.4) is 0 Å². The lowest BCUT2D eigenvalue weighted by atomic mass is 9.93. The van der Waals surface area contributed by atoms with Crippen LogP contribution in [0.2, 0.25) is 5.02 Å². The van der Waals surface area contributed by atoms with Gasteiger partial charge in [0, 0.05) is 24.3 Å². The lowest BCUT2D eigenvalue weighted by Crippen LogP contribution is -2.40. The smallest absolute Gasteiger partial charge is 0.257 e. The Hall–Kier alpha value is -1.85. The van der Waals surface area contributed by atoms with Crippen LogP contribution in [0.5, 0.6) is 0 Å². The van der Waals surface area contributed by atoms with Gasteiger partial charge in [-0.25, -0.2) is 0 Å². The highest BCUT2D eigenvalue weighted by molar-refractivity contribution is 6.31. The summed E-state index contributed by atoms with van der Waals surface area (Å²) in [4.78, 5) is 14.6. The van der Waals surface area contributed by atoms with Crippen molar-refractivity contribution in [3.8, 4) is 0 Å². The van der Waals surface area contributed by atoms with E-state index in [0.29, 0.717) is 30.2 Å². The summed E-state index contributed by atoms with van der Waals surface area (Å²) in [6.07, 6.45) is 0. The minimum Gasteiger partial charge on any atom is -0.341 e. The molecule has 0 unspecified atom stereocenters. The van der Waals surface area contributed by atoms with Crippen LogP contribution in [-0.4, -0.2) is 40.7 Å². The van der Waals surface area contributed by atoms with Crippen molar-refractivity contribution >= 4 is 17.5 Å².